The minimum absolute atomic E-state index is 0.125. The van der Waals surface area contributed by atoms with Crippen LogP contribution in [0.3, 0.4) is 0 Å². The monoisotopic (exact) mass is 393 g/mol. The number of nitrogens with one attached hydrogen (secondary N) is 2. The zero-order chi connectivity index (χ0) is 19.7. The molecule has 0 aliphatic rings. The van der Waals surface area contributed by atoms with E-state index in [0.717, 1.165) is 23.5 Å². The largest absolute Gasteiger partial charge is 0.501 e. The third-order valence-corrected chi connectivity index (χ3v) is 4.27. The standard InChI is InChI=1S/C16H9F2N3O5S/c17-7-3-6(4-8(18)5-7)14(23)19-9-1-2-27-12(9)13-20-10(16(25)26)11(22)15(24)21-13/h1-5,22H,(H,19,23)(H,25,26)(H,20,21,24). The summed E-state index contributed by atoms with van der Waals surface area (Å²) in [4.78, 5) is 41.1. The molecule has 0 fully saturated rings. The first kappa shape index (κ1) is 18.2. The molecule has 0 radical (unpaired) electrons. The smallest absolute Gasteiger partial charge is 0.358 e. The van der Waals surface area contributed by atoms with Crippen LogP contribution < -0.4 is 10.9 Å². The Labute approximate surface area is 152 Å². The number of H-pyrrole nitrogens is 1. The van der Waals surface area contributed by atoms with Gasteiger partial charge in [0.1, 0.15) is 11.6 Å². The maximum atomic E-state index is 13.3. The first-order valence-electron chi connectivity index (χ1n) is 7.18. The molecule has 0 aliphatic heterocycles. The third-order valence-electron chi connectivity index (χ3n) is 3.35. The van der Waals surface area contributed by atoms with Gasteiger partial charge in [0.15, 0.2) is 11.5 Å². The fourth-order valence-corrected chi connectivity index (χ4v) is 2.99. The molecule has 0 unspecified atom stereocenters. The second-order valence-corrected chi connectivity index (χ2v) is 6.11. The van der Waals surface area contributed by atoms with E-state index in [1.54, 1.807) is 0 Å². The number of thiophene rings is 1. The second kappa shape index (κ2) is 6.96. The Kier molecular flexibility index (Phi) is 4.69. The Balaban J connectivity index is 1.98. The predicted molar refractivity (Wildman–Crippen MR) is 91.1 cm³/mol. The highest BCUT2D eigenvalue weighted by Crippen LogP contribution is 2.32. The van der Waals surface area contributed by atoms with Crippen LogP contribution in [-0.4, -0.2) is 32.1 Å². The topological polar surface area (TPSA) is 132 Å². The van der Waals surface area contributed by atoms with Crippen molar-refractivity contribution in [3.63, 3.8) is 0 Å². The summed E-state index contributed by atoms with van der Waals surface area (Å²) in [5.74, 6) is -5.55. The number of hydrogen-bond donors (Lipinski definition) is 4. The lowest BCUT2D eigenvalue weighted by Gasteiger charge is -2.08. The number of anilines is 1. The van der Waals surface area contributed by atoms with Gasteiger partial charge in [-0.15, -0.1) is 11.3 Å². The Morgan fingerprint density at radius 1 is 1.19 bits per heavy atom. The number of carbonyl (C=O) groups excluding carboxylic acids is 1. The fraction of sp³-hybridized carbons (Fsp3) is 0. The van der Waals surface area contributed by atoms with E-state index in [2.05, 4.69) is 15.3 Å². The number of aromatic nitrogens is 2. The molecule has 4 N–H and O–H groups in total. The molecule has 2 heterocycles. The van der Waals surface area contributed by atoms with Crippen LogP contribution in [0.5, 0.6) is 5.75 Å². The number of aromatic amines is 1. The third kappa shape index (κ3) is 3.67. The van der Waals surface area contributed by atoms with Crippen molar-refractivity contribution in [3.05, 3.63) is 62.9 Å². The molecule has 0 saturated heterocycles. The van der Waals surface area contributed by atoms with E-state index >= 15 is 0 Å². The number of halogens is 2. The van der Waals surface area contributed by atoms with E-state index in [-0.39, 0.29) is 22.0 Å². The van der Waals surface area contributed by atoms with Crippen LogP contribution in [0.25, 0.3) is 10.7 Å². The number of aromatic carboxylic acids is 1. The quantitative estimate of drug-likeness (QED) is 0.538. The van der Waals surface area contributed by atoms with Gasteiger partial charge >= 0.3 is 5.97 Å². The highest BCUT2D eigenvalue weighted by Gasteiger charge is 2.20. The number of aromatic hydroxyl groups is 1. The first-order chi connectivity index (χ1) is 12.8. The van der Waals surface area contributed by atoms with E-state index in [0.29, 0.717) is 6.07 Å². The molecular formula is C16H9F2N3O5S. The van der Waals surface area contributed by atoms with Gasteiger partial charge in [0.05, 0.1) is 10.6 Å². The maximum absolute atomic E-state index is 13.3. The molecule has 138 valence electrons. The van der Waals surface area contributed by atoms with Gasteiger partial charge in [-0.3, -0.25) is 9.59 Å². The van der Waals surface area contributed by atoms with Crippen LogP contribution in [0, 0.1) is 11.6 Å². The summed E-state index contributed by atoms with van der Waals surface area (Å²) < 4.78 is 26.5. The Hall–Kier alpha value is -3.60. The molecule has 3 aromatic rings. The van der Waals surface area contributed by atoms with Crippen molar-refractivity contribution < 1.29 is 28.6 Å². The second-order valence-electron chi connectivity index (χ2n) is 5.19. The molecule has 3 rings (SSSR count). The summed E-state index contributed by atoms with van der Waals surface area (Å²) in [7, 11) is 0. The lowest BCUT2D eigenvalue weighted by molar-refractivity contribution is 0.0686. The van der Waals surface area contributed by atoms with E-state index < -0.39 is 40.5 Å². The molecule has 0 aliphatic carbocycles. The number of benzene rings is 1. The normalized spacial score (nSPS) is 10.6. The van der Waals surface area contributed by atoms with Gasteiger partial charge in [0, 0.05) is 11.6 Å². The minimum Gasteiger partial charge on any atom is -0.501 e. The molecule has 2 aromatic heterocycles. The number of carbonyl (C=O) groups is 2. The lowest BCUT2D eigenvalue weighted by Crippen LogP contribution is -2.16. The van der Waals surface area contributed by atoms with Gasteiger partial charge in [-0.05, 0) is 23.6 Å². The van der Waals surface area contributed by atoms with Crippen LogP contribution in [0.4, 0.5) is 14.5 Å². The van der Waals surface area contributed by atoms with Gasteiger partial charge in [0.25, 0.3) is 11.5 Å². The van der Waals surface area contributed by atoms with E-state index in [1.165, 1.54) is 11.4 Å². The van der Waals surface area contributed by atoms with Crippen molar-refractivity contribution in [2.45, 2.75) is 0 Å². The van der Waals surface area contributed by atoms with Crippen molar-refractivity contribution in [2.75, 3.05) is 5.32 Å². The molecule has 0 bridgehead atoms. The number of amides is 1. The van der Waals surface area contributed by atoms with E-state index in [4.69, 9.17) is 5.11 Å². The van der Waals surface area contributed by atoms with Crippen LogP contribution in [-0.2, 0) is 0 Å². The molecule has 11 heteroatoms. The fourth-order valence-electron chi connectivity index (χ4n) is 2.19. The summed E-state index contributed by atoms with van der Waals surface area (Å²) in [6.07, 6.45) is 0. The van der Waals surface area contributed by atoms with E-state index in [1.807, 2.05) is 0 Å². The van der Waals surface area contributed by atoms with Gasteiger partial charge in [-0.1, -0.05) is 0 Å². The Morgan fingerprint density at radius 2 is 1.85 bits per heavy atom. The molecule has 1 amide bonds. The number of hydrogen-bond acceptors (Lipinski definition) is 6. The maximum Gasteiger partial charge on any atom is 0.358 e. The summed E-state index contributed by atoms with van der Waals surface area (Å²) >= 11 is 1.01. The van der Waals surface area contributed by atoms with Gasteiger partial charge in [0.2, 0.25) is 5.75 Å². The number of rotatable bonds is 4. The molecule has 0 atom stereocenters. The molecule has 0 saturated carbocycles. The zero-order valence-corrected chi connectivity index (χ0v) is 13.9. The highest BCUT2D eigenvalue weighted by molar-refractivity contribution is 7.14. The van der Waals surface area contributed by atoms with E-state index in [9.17, 15) is 28.3 Å². The van der Waals surface area contributed by atoms with Crippen LogP contribution in [0.15, 0.2) is 34.4 Å². The number of carboxylic acid groups (broad SMARTS) is 1. The molecular weight excluding hydrogens is 384 g/mol. The minimum atomic E-state index is -1.61. The van der Waals surface area contributed by atoms with Crippen molar-refractivity contribution >= 4 is 28.9 Å². The average molecular weight is 393 g/mol. The van der Waals surface area contributed by atoms with Crippen LogP contribution in [0.2, 0.25) is 0 Å². The van der Waals surface area contributed by atoms with Crippen molar-refractivity contribution in [2.24, 2.45) is 0 Å². The Morgan fingerprint density at radius 3 is 2.48 bits per heavy atom. The SMILES string of the molecule is O=C(Nc1ccsc1-c1nc(C(=O)O)c(O)c(=O)[nH]1)c1cc(F)cc(F)c1. The van der Waals surface area contributed by atoms with Crippen LogP contribution >= 0.6 is 11.3 Å². The lowest BCUT2D eigenvalue weighted by atomic mass is 10.2. The molecule has 8 nitrogen and oxygen atoms in total. The van der Waals surface area contributed by atoms with Crippen molar-refractivity contribution in [1.82, 2.24) is 9.97 Å². The summed E-state index contributed by atoms with van der Waals surface area (Å²) in [6, 6.07) is 3.73. The number of nitrogens with zero attached hydrogens (tertiary/aromatic N) is 1. The first-order valence-corrected chi connectivity index (χ1v) is 8.06. The summed E-state index contributed by atoms with van der Waals surface area (Å²) in [5, 5.41) is 22.4. The van der Waals surface area contributed by atoms with Crippen molar-refractivity contribution in [3.8, 4) is 16.5 Å². The summed E-state index contributed by atoms with van der Waals surface area (Å²) in [6.45, 7) is 0. The molecule has 27 heavy (non-hydrogen) atoms. The molecule has 0 spiro atoms. The summed E-state index contributed by atoms with van der Waals surface area (Å²) in [5.41, 5.74) is -2.08. The van der Waals surface area contributed by atoms with Crippen LogP contribution in [0.1, 0.15) is 20.8 Å². The predicted octanol–water partition coefficient (Wildman–Crippen LogP) is 2.43. The molecule has 1 aromatic carbocycles. The van der Waals surface area contributed by atoms with Gasteiger partial charge < -0.3 is 20.5 Å². The number of carboxylic acids is 1. The van der Waals surface area contributed by atoms with Gasteiger partial charge in [-0.25, -0.2) is 18.6 Å². The Bertz CT molecular complexity index is 1110. The zero-order valence-electron chi connectivity index (χ0n) is 13.1. The highest BCUT2D eigenvalue weighted by atomic mass is 32.1. The average Bonchev–Trinajstić information content (AvgIpc) is 3.04. The van der Waals surface area contributed by atoms with Crippen molar-refractivity contribution in [1.29, 1.82) is 0 Å². The van der Waals surface area contributed by atoms with Gasteiger partial charge in [-0.2, -0.15) is 0 Å².